The van der Waals surface area contributed by atoms with Crippen LogP contribution in [0.2, 0.25) is 5.02 Å². The molecule has 32 heavy (non-hydrogen) atoms. The van der Waals surface area contributed by atoms with Crippen molar-refractivity contribution in [2.45, 2.75) is 34.9 Å². The molecule has 0 radical (unpaired) electrons. The molecule has 1 rings (SSSR count). The summed E-state index contributed by atoms with van der Waals surface area (Å²) in [7, 11) is -9.82. The lowest BCUT2D eigenvalue weighted by Crippen LogP contribution is -2.29. The lowest BCUT2D eigenvalue weighted by molar-refractivity contribution is -0.138. The van der Waals surface area contributed by atoms with Crippen LogP contribution in [-0.4, -0.2) is 65.6 Å². The number of hydrogen-bond acceptors (Lipinski definition) is 8. The maximum atomic E-state index is 11.0. The van der Waals surface area contributed by atoms with Crippen molar-refractivity contribution in [3.8, 4) is 0 Å². The van der Waals surface area contributed by atoms with Gasteiger partial charge in [-0.2, -0.15) is 0 Å². The second-order valence-electron chi connectivity index (χ2n) is 5.90. The van der Waals surface area contributed by atoms with E-state index in [2.05, 4.69) is 5.73 Å². The van der Waals surface area contributed by atoms with Crippen LogP contribution in [0.1, 0.15) is 19.3 Å². The van der Waals surface area contributed by atoms with Gasteiger partial charge in [0.25, 0.3) is 0 Å². The minimum atomic E-state index is -4.91. The Hall–Kier alpha value is -1.02. The zero-order chi connectivity index (χ0) is 25.5. The first-order valence-electron chi connectivity index (χ1n) is 8.69. The van der Waals surface area contributed by atoms with Crippen LogP contribution in [0.4, 0.5) is 0 Å². The van der Waals surface area contributed by atoms with Crippen LogP contribution in [0, 0.1) is 0 Å². The summed E-state index contributed by atoms with van der Waals surface area (Å²) in [5.74, 6) is -1.90. The Bertz CT molecular complexity index is 768. The van der Waals surface area contributed by atoms with Crippen molar-refractivity contribution in [1.82, 2.24) is 0 Å². The average molecular weight is 540 g/mol. The number of benzene rings is 1. The van der Waals surface area contributed by atoms with Crippen LogP contribution in [0.5, 0.6) is 0 Å². The molecule has 13 nitrogen and oxygen atoms in total. The highest BCUT2D eigenvalue weighted by Gasteiger charge is 2.44. The molecule has 0 saturated carbocycles. The van der Waals surface area contributed by atoms with Crippen LogP contribution in [-0.2, 0) is 18.7 Å². The number of halogens is 1. The number of hydrogen-bond donors (Lipinski definition) is 9. The summed E-state index contributed by atoms with van der Waals surface area (Å²) in [6, 6.07) is 5.04. The predicted molar refractivity (Wildman–Crippen MR) is 120 cm³/mol. The molecule has 0 unspecified atom stereocenters. The van der Waals surface area contributed by atoms with E-state index in [0.717, 1.165) is 12.8 Å². The monoisotopic (exact) mass is 539 g/mol. The quantitative estimate of drug-likeness (QED) is 0.112. The predicted octanol–water partition coefficient (Wildman–Crippen LogP) is 0.628. The molecular formula is C15H28ClN3O10P2S. The zero-order valence-electron chi connectivity index (χ0n) is 16.7. The molecule has 0 aromatic heterocycles. The highest BCUT2D eigenvalue weighted by atomic mass is 35.5. The lowest BCUT2D eigenvalue weighted by atomic mass is 10.1. The van der Waals surface area contributed by atoms with Gasteiger partial charge in [-0.3, -0.25) is 18.7 Å². The second-order valence-corrected chi connectivity index (χ2v) is 12.0. The Balaban J connectivity index is 0. The first kappa shape index (κ1) is 33.2. The molecule has 17 heteroatoms. The maximum absolute atomic E-state index is 11.0. The summed E-state index contributed by atoms with van der Waals surface area (Å²) in [6.45, 7) is 0.326. The summed E-state index contributed by atoms with van der Waals surface area (Å²) < 4.78 is 19.9. The third-order valence-corrected chi connectivity index (χ3v) is 9.33. The molecule has 0 fully saturated rings. The van der Waals surface area contributed by atoms with Crippen molar-refractivity contribution < 1.29 is 48.5 Å². The van der Waals surface area contributed by atoms with Gasteiger partial charge < -0.3 is 47.0 Å². The van der Waals surface area contributed by atoms with Crippen molar-refractivity contribution in [2.24, 2.45) is 17.2 Å². The number of carbonyl (C=O) groups is 2. The zero-order valence-corrected chi connectivity index (χ0v) is 20.1. The summed E-state index contributed by atoms with van der Waals surface area (Å²) in [5, 5.41) is 16.3. The van der Waals surface area contributed by atoms with Crippen LogP contribution in [0.15, 0.2) is 29.2 Å². The fourth-order valence-corrected chi connectivity index (χ4v) is 5.66. The van der Waals surface area contributed by atoms with E-state index < -0.39 is 37.9 Å². The SMILES string of the molecule is NCC(=O)O.NCCCC[C@H](N)C(=O)O.O=P(O)(O)C(Sc1ccc(Cl)cc1)P(=O)(O)O. The summed E-state index contributed by atoms with van der Waals surface area (Å²) >= 11 is 6.04. The third-order valence-electron chi connectivity index (χ3n) is 3.09. The molecule has 1 aromatic carbocycles. The topological polar surface area (TPSA) is 268 Å². The van der Waals surface area contributed by atoms with Crippen molar-refractivity contribution >= 4 is 50.5 Å². The summed E-state index contributed by atoms with van der Waals surface area (Å²) in [6.07, 6.45) is 2.16. The van der Waals surface area contributed by atoms with Gasteiger partial charge in [-0.25, -0.2) is 0 Å². The molecule has 1 aromatic rings. The largest absolute Gasteiger partial charge is 0.480 e. The number of carboxylic acids is 2. The van der Waals surface area contributed by atoms with E-state index in [1.807, 2.05) is 0 Å². The van der Waals surface area contributed by atoms with Gasteiger partial charge in [-0.15, -0.1) is 0 Å². The number of thioether (sulfide) groups is 1. The first-order valence-corrected chi connectivity index (χ1v) is 13.3. The van der Waals surface area contributed by atoms with Gasteiger partial charge >= 0.3 is 27.1 Å². The molecule has 1 atom stereocenters. The molecule has 0 bridgehead atoms. The number of unbranched alkanes of at least 4 members (excludes halogenated alkanes) is 1. The van der Waals surface area contributed by atoms with Gasteiger partial charge in [0.15, 0.2) is 0 Å². The molecule has 0 saturated heterocycles. The van der Waals surface area contributed by atoms with Crippen LogP contribution < -0.4 is 17.2 Å². The third kappa shape index (κ3) is 17.5. The van der Waals surface area contributed by atoms with Gasteiger partial charge in [0, 0.05) is 9.92 Å². The van der Waals surface area contributed by atoms with Gasteiger partial charge in [0.05, 0.1) is 6.54 Å². The van der Waals surface area contributed by atoms with Gasteiger partial charge in [0.1, 0.15) is 6.04 Å². The molecule has 12 N–H and O–H groups in total. The summed E-state index contributed by atoms with van der Waals surface area (Å²) in [4.78, 5) is 55.3. The van der Waals surface area contributed by atoms with Gasteiger partial charge in [0.2, 0.25) is 4.73 Å². The van der Waals surface area contributed by atoms with E-state index in [1.165, 1.54) is 24.3 Å². The maximum Gasteiger partial charge on any atom is 0.351 e. The van der Waals surface area contributed by atoms with Crippen LogP contribution in [0.3, 0.4) is 0 Å². The molecule has 0 heterocycles. The Kier molecular flexibility index (Phi) is 17.2. The van der Waals surface area contributed by atoms with E-state index in [-0.39, 0.29) is 6.54 Å². The Morgan fingerprint density at radius 2 is 1.41 bits per heavy atom. The van der Waals surface area contributed by atoms with E-state index in [4.69, 9.17) is 52.9 Å². The van der Waals surface area contributed by atoms with Crippen molar-refractivity contribution in [3.05, 3.63) is 29.3 Å². The number of carboxylic acid groups (broad SMARTS) is 2. The lowest BCUT2D eigenvalue weighted by Gasteiger charge is -2.18. The van der Waals surface area contributed by atoms with Crippen molar-refractivity contribution in [1.29, 1.82) is 0 Å². The molecule has 0 amide bonds. The molecular weight excluding hydrogens is 512 g/mol. The Morgan fingerprint density at radius 3 is 1.72 bits per heavy atom. The van der Waals surface area contributed by atoms with Crippen molar-refractivity contribution in [2.75, 3.05) is 13.1 Å². The molecule has 0 aliphatic rings. The van der Waals surface area contributed by atoms with E-state index >= 15 is 0 Å². The fraction of sp³-hybridized carbons (Fsp3) is 0.467. The minimum Gasteiger partial charge on any atom is -0.480 e. The highest BCUT2D eigenvalue weighted by molar-refractivity contribution is 8.12. The summed E-state index contributed by atoms with van der Waals surface area (Å²) in [5.41, 5.74) is 15.0. The fourth-order valence-electron chi connectivity index (χ4n) is 1.60. The molecule has 0 spiro atoms. The second kappa shape index (κ2) is 16.6. The van der Waals surface area contributed by atoms with Crippen molar-refractivity contribution in [3.63, 3.8) is 0 Å². The number of aliphatic carboxylic acids is 2. The first-order chi connectivity index (χ1) is 14.6. The number of nitrogens with two attached hydrogens (primary N) is 3. The molecule has 0 aliphatic carbocycles. The number of rotatable bonds is 10. The van der Waals surface area contributed by atoms with Crippen LogP contribution in [0.25, 0.3) is 0 Å². The smallest absolute Gasteiger partial charge is 0.351 e. The van der Waals surface area contributed by atoms with Gasteiger partial charge in [-0.05, 0) is 43.7 Å². The average Bonchev–Trinajstić information content (AvgIpc) is 2.66. The van der Waals surface area contributed by atoms with E-state index in [0.29, 0.717) is 34.6 Å². The molecule has 0 aliphatic heterocycles. The van der Waals surface area contributed by atoms with Crippen LogP contribution >= 0.6 is 38.6 Å². The Labute approximate surface area is 193 Å². The van der Waals surface area contributed by atoms with E-state index in [1.54, 1.807) is 0 Å². The normalized spacial score (nSPS) is 12.2. The van der Waals surface area contributed by atoms with Gasteiger partial charge in [-0.1, -0.05) is 29.8 Å². The molecule has 186 valence electrons. The standard InChI is InChI=1S/C7H9ClO6P2S.C6H14N2O2.C2H5NO2/c8-5-1-3-6(4-2-5)17-7(15(9,10)11)16(12,13)14;7-4-2-1-3-5(8)6(9)10;3-1-2(4)5/h1-4,7H,(H2,9,10,11)(H2,12,13,14);5H,1-4,7-8H2,(H,9,10);1,3H2,(H,4,5)/t;5-;/m.0./s1. The highest BCUT2D eigenvalue weighted by Crippen LogP contribution is 2.65. The van der Waals surface area contributed by atoms with E-state index in [9.17, 15) is 18.7 Å². The Morgan fingerprint density at radius 1 is 0.969 bits per heavy atom. The minimum absolute atomic E-state index is 0.278.